The summed E-state index contributed by atoms with van der Waals surface area (Å²) in [6.07, 6.45) is 6.71. The molecule has 0 N–H and O–H groups in total. The average molecular weight is 392 g/mol. The quantitative estimate of drug-likeness (QED) is 0.687. The first-order valence-corrected chi connectivity index (χ1v) is 10.4. The van der Waals surface area contributed by atoms with Crippen molar-refractivity contribution in [2.75, 3.05) is 0 Å². The van der Waals surface area contributed by atoms with Crippen molar-refractivity contribution in [1.29, 1.82) is 0 Å². The summed E-state index contributed by atoms with van der Waals surface area (Å²) in [7, 11) is 0. The average Bonchev–Trinajstić information content (AvgIpc) is 2.86. The van der Waals surface area contributed by atoms with Crippen LogP contribution in [-0.2, 0) is 0 Å². The molecule has 1 aromatic carbocycles. The van der Waals surface area contributed by atoms with Gasteiger partial charge in [0.15, 0.2) is 0 Å². The lowest BCUT2D eigenvalue weighted by atomic mass is 9.41. The van der Waals surface area contributed by atoms with Crippen LogP contribution in [0.3, 0.4) is 0 Å². The van der Waals surface area contributed by atoms with Gasteiger partial charge in [0.05, 0.1) is 17.8 Å². The second-order valence-corrected chi connectivity index (χ2v) is 10.8. The minimum atomic E-state index is -0.250. The largest absolute Gasteiger partial charge is 0.352 e. The van der Waals surface area contributed by atoms with Crippen molar-refractivity contribution < 1.29 is 0 Å². The lowest BCUT2D eigenvalue weighted by molar-refractivity contribution is -0.0653. The number of rotatable bonds is 1. The lowest BCUT2D eigenvalue weighted by Gasteiger charge is -2.66. The molecule has 29 heavy (non-hydrogen) atoms. The van der Waals surface area contributed by atoms with E-state index in [-0.39, 0.29) is 45.6 Å². The molecule has 2 aliphatic heterocycles. The molecule has 0 spiro atoms. The Balaban J connectivity index is 1.81. The Hall–Kier alpha value is -2.56. The van der Waals surface area contributed by atoms with Crippen LogP contribution in [0.4, 0.5) is 0 Å². The van der Waals surface area contributed by atoms with Gasteiger partial charge in [0, 0.05) is 11.3 Å². The molecule has 152 valence electrons. The number of allylic oxidation sites excluding steroid dienone is 4. The highest BCUT2D eigenvalue weighted by atomic mass is 16.2. The zero-order valence-corrected chi connectivity index (χ0v) is 18.0. The highest BCUT2D eigenvalue weighted by Crippen LogP contribution is 2.71. The van der Waals surface area contributed by atoms with E-state index in [9.17, 15) is 9.59 Å². The van der Waals surface area contributed by atoms with Crippen LogP contribution in [0.1, 0.15) is 53.6 Å². The van der Waals surface area contributed by atoms with Crippen LogP contribution >= 0.6 is 0 Å². The Kier molecular flexibility index (Phi) is 3.39. The molecule has 2 aliphatic carbocycles. The van der Waals surface area contributed by atoms with E-state index in [0.717, 1.165) is 0 Å². The lowest BCUT2D eigenvalue weighted by Crippen LogP contribution is -2.64. The molecular formula is C24H29N3O2. The molecule has 5 nitrogen and oxygen atoms in total. The van der Waals surface area contributed by atoms with E-state index in [2.05, 4.69) is 59.8 Å². The summed E-state index contributed by atoms with van der Waals surface area (Å²) in [5.41, 5.74) is 1.33. The second kappa shape index (κ2) is 5.32. The third-order valence-electron chi connectivity index (χ3n) is 7.30. The Morgan fingerprint density at radius 3 is 2.07 bits per heavy atom. The number of aromatic nitrogens is 3. The van der Waals surface area contributed by atoms with E-state index in [0.29, 0.717) is 5.69 Å². The van der Waals surface area contributed by atoms with Crippen LogP contribution in [-0.4, -0.2) is 13.9 Å². The van der Waals surface area contributed by atoms with Crippen molar-refractivity contribution in [2.45, 2.75) is 53.6 Å². The van der Waals surface area contributed by atoms with Crippen molar-refractivity contribution in [1.82, 2.24) is 13.9 Å². The van der Waals surface area contributed by atoms with Crippen LogP contribution in [0.25, 0.3) is 5.69 Å². The molecule has 2 aromatic rings. The van der Waals surface area contributed by atoms with Gasteiger partial charge in [0.25, 0.3) is 0 Å². The molecule has 5 heteroatoms. The first kappa shape index (κ1) is 18.5. The minimum Gasteiger partial charge on any atom is -0.245 e. The maximum Gasteiger partial charge on any atom is 0.352 e. The van der Waals surface area contributed by atoms with Gasteiger partial charge in [-0.3, -0.25) is 0 Å². The first-order chi connectivity index (χ1) is 13.5. The highest BCUT2D eigenvalue weighted by Gasteiger charge is 2.67. The number of nitrogens with zero attached hydrogens (tertiary/aromatic N) is 3. The van der Waals surface area contributed by atoms with Crippen LogP contribution in [0.2, 0.25) is 0 Å². The zero-order chi connectivity index (χ0) is 20.9. The topological polar surface area (TPSA) is 48.9 Å². The molecule has 0 saturated carbocycles. The predicted octanol–water partition coefficient (Wildman–Crippen LogP) is 4.10. The van der Waals surface area contributed by atoms with Crippen molar-refractivity contribution in [3.63, 3.8) is 0 Å². The van der Waals surface area contributed by atoms with Gasteiger partial charge in [0.1, 0.15) is 0 Å². The molecule has 2 bridgehead atoms. The van der Waals surface area contributed by atoms with Gasteiger partial charge < -0.3 is 0 Å². The van der Waals surface area contributed by atoms with E-state index in [1.165, 1.54) is 10.1 Å². The smallest absolute Gasteiger partial charge is 0.245 e. The summed E-state index contributed by atoms with van der Waals surface area (Å²) >= 11 is 0. The van der Waals surface area contributed by atoms with Crippen molar-refractivity contribution >= 4 is 0 Å². The van der Waals surface area contributed by atoms with Gasteiger partial charge in [-0.05, 0) is 23.0 Å². The fourth-order valence-electron chi connectivity index (χ4n) is 5.93. The van der Waals surface area contributed by atoms with Gasteiger partial charge in [0.2, 0.25) is 0 Å². The summed E-state index contributed by atoms with van der Waals surface area (Å²) in [6.45, 7) is 13.5. The van der Waals surface area contributed by atoms with Crippen LogP contribution in [0, 0.1) is 22.2 Å². The molecule has 0 unspecified atom stereocenters. The molecule has 1 aromatic heterocycles. The molecule has 0 saturated heterocycles. The molecule has 0 radical (unpaired) electrons. The Morgan fingerprint density at radius 2 is 1.48 bits per heavy atom. The van der Waals surface area contributed by atoms with Gasteiger partial charge in [-0.15, -0.1) is 0 Å². The number of hydrogen-bond donors (Lipinski definition) is 0. The molecule has 4 aliphatic rings. The van der Waals surface area contributed by atoms with Gasteiger partial charge in [-0.25, -0.2) is 23.5 Å². The number of para-hydroxylation sites is 1. The maximum atomic E-state index is 13.5. The van der Waals surface area contributed by atoms with E-state index < -0.39 is 0 Å². The van der Waals surface area contributed by atoms with Crippen molar-refractivity contribution in [2.24, 2.45) is 22.2 Å². The Bertz CT molecular complexity index is 1180. The summed E-state index contributed by atoms with van der Waals surface area (Å²) < 4.78 is 4.76. The van der Waals surface area contributed by atoms with Crippen LogP contribution < -0.4 is 11.4 Å². The molecule has 4 atom stereocenters. The van der Waals surface area contributed by atoms with Gasteiger partial charge in [-0.2, -0.15) is 0 Å². The summed E-state index contributed by atoms with van der Waals surface area (Å²) in [6, 6.07) is 8.94. The third kappa shape index (κ3) is 2.06. The predicted molar refractivity (Wildman–Crippen MR) is 114 cm³/mol. The number of hydrogen-bond acceptors (Lipinski definition) is 2. The summed E-state index contributed by atoms with van der Waals surface area (Å²) in [5.74, 6) is 0.223. The molecule has 0 amide bonds. The SMILES string of the molecule is CC(C)(C)C1=C[C@@]2(C(C)(C)C)[C@@H]3C=C[C@@H]([C@H]12)n1c(=O)n(-c2ccccc2)c(=O)n13. The van der Waals surface area contributed by atoms with Gasteiger partial charge >= 0.3 is 11.4 Å². The second-order valence-electron chi connectivity index (χ2n) is 10.8. The fourth-order valence-corrected chi connectivity index (χ4v) is 5.93. The number of benzene rings is 1. The molecule has 3 heterocycles. The third-order valence-corrected chi connectivity index (χ3v) is 7.30. The monoisotopic (exact) mass is 391 g/mol. The standard InChI is InChI=1S/C24H29N3O2/c1-22(2,3)16-14-24(23(4,5)6)18-13-12-17(19(16)24)26-20(28)25(21(29)27(18)26)15-10-8-7-9-11-15/h7-14,17-19H,1-6H3/t17-,18-,19-,24+/m0/s1. The Labute approximate surface area is 171 Å². The van der Waals surface area contributed by atoms with E-state index in [1.807, 2.05) is 30.3 Å². The maximum absolute atomic E-state index is 13.5. The summed E-state index contributed by atoms with van der Waals surface area (Å²) in [4.78, 5) is 27.0. The van der Waals surface area contributed by atoms with Crippen LogP contribution in [0.15, 0.2) is 63.7 Å². The van der Waals surface area contributed by atoms with E-state index in [1.54, 1.807) is 9.36 Å². The highest BCUT2D eigenvalue weighted by molar-refractivity contribution is 5.45. The Morgan fingerprint density at radius 1 is 0.862 bits per heavy atom. The van der Waals surface area contributed by atoms with E-state index >= 15 is 0 Å². The first-order valence-electron chi connectivity index (χ1n) is 10.4. The molecule has 6 rings (SSSR count). The molecular weight excluding hydrogens is 362 g/mol. The van der Waals surface area contributed by atoms with Crippen molar-refractivity contribution in [3.05, 3.63) is 75.1 Å². The van der Waals surface area contributed by atoms with Crippen molar-refractivity contribution in [3.8, 4) is 5.69 Å². The minimum absolute atomic E-state index is 0.0292. The van der Waals surface area contributed by atoms with Gasteiger partial charge in [-0.1, -0.05) is 83.5 Å². The normalized spacial score (nSPS) is 29.9. The fraction of sp³-hybridized carbons (Fsp3) is 0.500. The molecule has 0 fully saturated rings. The van der Waals surface area contributed by atoms with Crippen LogP contribution in [0.5, 0.6) is 0 Å². The summed E-state index contributed by atoms with van der Waals surface area (Å²) in [5, 5.41) is 0. The van der Waals surface area contributed by atoms with E-state index in [4.69, 9.17) is 0 Å². The zero-order valence-electron chi connectivity index (χ0n) is 18.0.